The fraction of sp³-hybridized carbons (Fsp3) is 0.364. The number of hydrogen-bond donors (Lipinski definition) is 2. The van der Waals surface area contributed by atoms with E-state index < -0.39 is 6.10 Å². The number of para-hydroxylation sites is 1. The van der Waals surface area contributed by atoms with Crippen molar-refractivity contribution in [1.82, 2.24) is 5.32 Å². The van der Waals surface area contributed by atoms with Crippen molar-refractivity contribution in [3.8, 4) is 5.75 Å². The van der Waals surface area contributed by atoms with Gasteiger partial charge in [0.25, 0.3) is 11.8 Å². The Hall–Kier alpha value is -2.82. The van der Waals surface area contributed by atoms with Crippen molar-refractivity contribution in [2.24, 2.45) is 0 Å². The van der Waals surface area contributed by atoms with Crippen molar-refractivity contribution in [3.63, 3.8) is 0 Å². The highest BCUT2D eigenvalue weighted by Crippen LogP contribution is 2.20. The highest BCUT2D eigenvalue weighted by atomic mass is 16.5. The number of carbonyl (C=O) groups is 2. The lowest BCUT2D eigenvalue weighted by Gasteiger charge is -2.19. The maximum atomic E-state index is 12.7. The highest BCUT2D eigenvalue weighted by molar-refractivity contribution is 6.04. The third kappa shape index (κ3) is 5.84. The lowest BCUT2D eigenvalue weighted by atomic mass is 10.1. The standard InChI is InChI=1S/C22H28N2O3/c1-6-20(27-17-12-15(4)11-16(5)13-17)22(26)24-19-10-8-7-9-18(19)21(25)23-14(2)3/h7-14,20H,6H2,1-5H3,(H,23,25)(H,24,26)/t20-/m1/s1. The third-order valence-electron chi connectivity index (χ3n) is 3.99. The Balaban J connectivity index is 2.16. The molecule has 2 amide bonds. The Kier molecular flexibility index (Phi) is 6.99. The van der Waals surface area contributed by atoms with Gasteiger partial charge < -0.3 is 15.4 Å². The number of ether oxygens (including phenoxy) is 1. The first-order valence-corrected chi connectivity index (χ1v) is 9.25. The molecular formula is C22H28N2O3. The molecule has 27 heavy (non-hydrogen) atoms. The lowest BCUT2D eigenvalue weighted by Crippen LogP contribution is -2.34. The van der Waals surface area contributed by atoms with Crippen molar-refractivity contribution < 1.29 is 14.3 Å². The number of hydrogen-bond acceptors (Lipinski definition) is 3. The smallest absolute Gasteiger partial charge is 0.265 e. The van der Waals surface area contributed by atoms with E-state index >= 15 is 0 Å². The average Bonchev–Trinajstić information content (AvgIpc) is 2.58. The van der Waals surface area contributed by atoms with Crippen molar-refractivity contribution in [2.75, 3.05) is 5.32 Å². The van der Waals surface area contributed by atoms with Crippen LogP contribution >= 0.6 is 0 Å². The van der Waals surface area contributed by atoms with E-state index in [9.17, 15) is 9.59 Å². The number of carbonyl (C=O) groups excluding carboxylic acids is 2. The molecule has 2 aromatic carbocycles. The molecule has 0 radical (unpaired) electrons. The third-order valence-corrected chi connectivity index (χ3v) is 3.99. The number of nitrogens with one attached hydrogen (secondary N) is 2. The van der Waals surface area contributed by atoms with Gasteiger partial charge in [0.05, 0.1) is 11.3 Å². The van der Waals surface area contributed by atoms with E-state index in [1.165, 1.54) is 0 Å². The lowest BCUT2D eigenvalue weighted by molar-refractivity contribution is -0.122. The largest absolute Gasteiger partial charge is 0.481 e. The van der Waals surface area contributed by atoms with Gasteiger partial charge in [0.1, 0.15) is 5.75 Å². The van der Waals surface area contributed by atoms with Crippen LogP contribution in [0.1, 0.15) is 48.7 Å². The number of amides is 2. The predicted octanol–water partition coefficient (Wildman–Crippen LogP) is 4.24. The fourth-order valence-corrected chi connectivity index (χ4v) is 2.83. The number of aryl methyl sites for hydroxylation is 2. The molecule has 0 aliphatic carbocycles. The van der Waals surface area contributed by atoms with E-state index in [2.05, 4.69) is 16.7 Å². The Labute approximate surface area is 161 Å². The minimum Gasteiger partial charge on any atom is -0.481 e. The summed E-state index contributed by atoms with van der Waals surface area (Å²) in [6, 6.07) is 12.9. The van der Waals surface area contributed by atoms with Gasteiger partial charge in [-0.05, 0) is 69.5 Å². The summed E-state index contributed by atoms with van der Waals surface area (Å²) < 4.78 is 5.91. The molecular weight excluding hydrogens is 340 g/mol. The second kappa shape index (κ2) is 9.21. The first-order valence-electron chi connectivity index (χ1n) is 9.25. The summed E-state index contributed by atoms with van der Waals surface area (Å²) >= 11 is 0. The molecule has 0 aliphatic heterocycles. The van der Waals surface area contributed by atoms with Gasteiger partial charge >= 0.3 is 0 Å². The molecule has 144 valence electrons. The van der Waals surface area contributed by atoms with Gasteiger partial charge in [-0.2, -0.15) is 0 Å². The minimum absolute atomic E-state index is 0.0116. The summed E-state index contributed by atoms with van der Waals surface area (Å²) in [5.74, 6) is 0.172. The second-order valence-corrected chi connectivity index (χ2v) is 7.00. The van der Waals surface area contributed by atoms with E-state index in [1.54, 1.807) is 24.3 Å². The Bertz CT molecular complexity index is 795. The molecule has 2 N–H and O–H groups in total. The maximum absolute atomic E-state index is 12.7. The van der Waals surface area contributed by atoms with Crippen LogP contribution < -0.4 is 15.4 Å². The molecule has 0 aromatic heterocycles. The molecule has 0 unspecified atom stereocenters. The summed E-state index contributed by atoms with van der Waals surface area (Å²) in [5, 5.41) is 5.69. The SMILES string of the molecule is CC[C@@H](Oc1cc(C)cc(C)c1)C(=O)Nc1ccccc1C(=O)NC(C)C. The number of rotatable bonds is 7. The van der Waals surface area contributed by atoms with Crippen LogP contribution in [0.4, 0.5) is 5.69 Å². The first-order chi connectivity index (χ1) is 12.8. The number of benzene rings is 2. The zero-order chi connectivity index (χ0) is 20.0. The summed E-state index contributed by atoms with van der Waals surface area (Å²) in [4.78, 5) is 25.1. The summed E-state index contributed by atoms with van der Waals surface area (Å²) in [6.45, 7) is 9.66. The zero-order valence-corrected chi connectivity index (χ0v) is 16.6. The minimum atomic E-state index is -0.646. The molecule has 0 saturated carbocycles. The van der Waals surface area contributed by atoms with Crippen molar-refractivity contribution in [2.45, 2.75) is 53.2 Å². The van der Waals surface area contributed by atoms with Crippen molar-refractivity contribution >= 4 is 17.5 Å². The van der Waals surface area contributed by atoms with Crippen LogP contribution in [-0.4, -0.2) is 24.0 Å². The number of anilines is 1. The van der Waals surface area contributed by atoms with E-state index in [4.69, 9.17) is 4.74 Å². The highest BCUT2D eigenvalue weighted by Gasteiger charge is 2.21. The summed E-state index contributed by atoms with van der Waals surface area (Å²) in [6.07, 6.45) is -0.133. The summed E-state index contributed by atoms with van der Waals surface area (Å²) in [5.41, 5.74) is 3.07. The molecule has 2 rings (SSSR count). The van der Waals surface area contributed by atoms with Crippen LogP contribution in [0, 0.1) is 13.8 Å². The van der Waals surface area contributed by atoms with Gasteiger partial charge in [-0.1, -0.05) is 25.1 Å². The molecule has 0 saturated heterocycles. The van der Waals surface area contributed by atoms with Gasteiger partial charge in [0.15, 0.2) is 6.10 Å². The average molecular weight is 368 g/mol. The van der Waals surface area contributed by atoms with Gasteiger partial charge in [-0.15, -0.1) is 0 Å². The van der Waals surface area contributed by atoms with E-state index in [0.717, 1.165) is 11.1 Å². The first kappa shape index (κ1) is 20.5. The normalized spacial score (nSPS) is 11.8. The van der Waals surface area contributed by atoms with Crippen molar-refractivity contribution in [1.29, 1.82) is 0 Å². The van der Waals surface area contributed by atoms with E-state index in [1.807, 2.05) is 46.8 Å². The van der Waals surface area contributed by atoms with E-state index in [0.29, 0.717) is 23.4 Å². The Morgan fingerprint density at radius 3 is 2.26 bits per heavy atom. The summed E-state index contributed by atoms with van der Waals surface area (Å²) in [7, 11) is 0. The van der Waals surface area contributed by atoms with Gasteiger partial charge in [-0.25, -0.2) is 0 Å². The molecule has 2 aromatic rings. The fourth-order valence-electron chi connectivity index (χ4n) is 2.83. The van der Waals surface area contributed by atoms with Crippen LogP contribution in [-0.2, 0) is 4.79 Å². The second-order valence-electron chi connectivity index (χ2n) is 7.00. The Morgan fingerprint density at radius 2 is 1.67 bits per heavy atom. The predicted molar refractivity (Wildman–Crippen MR) is 108 cm³/mol. The molecule has 5 nitrogen and oxygen atoms in total. The molecule has 0 bridgehead atoms. The molecule has 0 fully saturated rings. The quantitative estimate of drug-likeness (QED) is 0.768. The van der Waals surface area contributed by atoms with Gasteiger partial charge in [0, 0.05) is 6.04 Å². The molecule has 0 aliphatic rings. The Morgan fingerprint density at radius 1 is 1.04 bits per heavy atom. The molecule has 5 heteroatoms. The van der Waals surface area contributed by atoms with Gasteiger partial charge in [-0.3, -0.25) is 9.59 Å². The van der Waals surface area contributed by atoms with Crippen molar-refractivity contribution in [3.05, 3.63) is 59.2 Å². The van der Waals surface area contributed by atoms with Gasteiger partial charge in [0.2, 0.25) is 0 Å². The zero-order valence-electron chi connectivity index (χ0n) is 16.6. The van der Waals surface area contributed by atoms with Crippen LogP contribution in [0.15, 0.2) is 42.5 Å². The van der Waals surface area contributed by atoms with Crippen LogP contribution in [0.25, 0.3) is 0 Å². The molecule has 1 atom stereocenters. The molecule has 0 heterocycles. The van der Waals surface area contributed by atoms with Crippen LogP contribution in [0.3, 0.4) is 0 Å². The van der Waals surface area contributed by atoms with Crippen LogP contribution in [0.2, 0.25) is 0 Å². The van der Waals surface area contributed by atoms with E-state index in [-0.39, 0.29) is 17.9 Å². The van der Waals surface area contributed by atoms with Crippen LogP contribution in [0.5, 0.6) is 5.75 Å². The topological polar surface area (TPSA) is 67.4 Å². The monoisotopic (exact) mass is 368 g/mol. The molecule has 0 spiro atoms. The maximum Gasteiger partial charge on any atom is 0.265 e.